The van der Waals surface area contributed by atoms with E-state index < -0.39 is 0 Å². The fourth-order valence-electron chi connectivity index (χ4n) is 3.11. The molecule has 0 saturated carbocycles. The van der Waals surface area contributed by atoms with E-state index >= 15 is 0 Å². The molecule has 0 saturated heterocycles. The molecule has 2 aromatic carbocycles. The van der Waals surface area contributed by atoms with Crippen molar-refractivity contribution in [1.82, 2.24) is 5.32 Å². The minimum atomic E-state index is 0.557. The first-order chi connectivity index (χ1) is 13.2. The maximum absolute atomic E-state index is 3.62. The zero-order valence-electron chi connectivity index (χ0n) is 17.2. The summed E-state index contributed by atoms with van der Waals surface area (Å²) in [5.41, 5.74) is 2.77. The summed E-state index contributed by atoms with van der Waals surface area (Å²) in [7, 11) is 0. The summed E-state index contributed by atoms with van der Waals surface area (Å²) in [4.78, 5) is 2.56. The van der Waals surface area contributed by atoms with Crippen LogP contribution in [-0.4, -0.2) is 31.4 Å². The Bertz CT molecular complexity index is 600. The largest absolute Gasteiger partial charge is 0.369 e. The number of thioether (sulfide) groups is 1. The summed E-state index contributed by atoms with van der Waals surface area (Å²) in [5.74, 6) is 3.00. The van der Waals surface area contributed by atoms with Crippen LogP contribution >= 0.6 is 11.8 Å². The van der Waals surface area contributed by atoms with Gasteiger partial charge in [0.25, 0.3) is 0 Å². The Balaban J connectivity index is 1.58. The van der Waals surface area contributed by atoms with Gasteiger partial charge in [-0.25, -0.2) is 0 Å². The molecule has 2 rings (SSSR count). The molecule has 0 bridgehead atoms. The van der Waals surface area contributed by atoms with Crippen LogP contribution in [0, 0.1) is 5.92 Å². The van der Waals surface area contributed by atoms with E-state index in [1.54, 1.807) is 0 Å². The molecule has 0 heterocycles. The minimum absolute atomic E-state index is 0.557. The predicted molar refractivity (Wildman–Crippen MR) is 123 cm³/mol. The van der Waals surface area contributed by atoms with Gasteiger partial charge in [0.2, 0.25) is 0 Å². The molecular formula is C24H36N2S. The van der Waals surface area contributed by atoms with Crippen molar-refractivity contribution in [2.75, 3.05) is 30.3 Å². The molecule has 0 fully saturated rings. The van der Waals surface area contributed by atoms with E-state index in [4.69, 9.17) is 0 Å². The zero-order valence-corrected chi connectivity index (χ0v) is 18.0. The highest BCUT2D eigenvalue weighted by molar-refractivity contribution is 7.98. The lowest BCUT2D eigenvalue weighted by Gasteiger charge is -2.34. The summed E-state index contributed by atoms with van der Waals surface area (Å²) in [6, 6.07) is 22.1. The van der Waals surface area contributed by atoms with Crippen molar-refractivity contribution in [3.63, 3.8) is 0 Å². The second-order valence-electron chi connectivity index (χ2n) is 7.51. The minimum Gasteiger partial charge on any atom is -0.369 e. The summed E-state index contributed by atoms with van der Waals surface area (Å²) in [6.07, 6.45) is 2.42. The van der Waals surface area contributed by atoms with Gasteiger partial charge in [-0.1, -0.05) is 62.4 Å². The average molecular weight is 385 g/mol. The van der Waals surface area contributed by atoms with E-state index in [1.807, 2.05) is 11.8 Å². The van der Waals surface area contributed by atoms with Crippen LogP contribution in [0.5, 0.6) is 0 Å². The van der Waals surface area contributed by atoms with Gasteiger partial charge in [0, 0.05) is 24.0 Å². The molecule has 1 unspecified atom stereocenters. The van der Waals surface area contributed by atoms with Crippen molar-refractivity contribution in [2.24, 2.45) is 5.92 Å². The highest BCUT2D eigenvalue weighted by Crippen LogP contribution is 2.20. The molecule has 0 radical (unpaired) electrons. The Kier molecular flexibility index (Phi) is 10.4. The predicted octanol–water partition coefficient (Wildman–Crippen LogP) is 5.84. The number of hydrogen-bond acceptors (Lipinski definition) is 3. The monoisotopic (exact) mass is 384 g/mol. The van der Waals surface area contributed by atoms with Crippen LogP contribution in [0.1, 0.15) is 39.2 Å². The first kappa shape index (κ1) is 21.8. The lowest BCUT2D eigenvalue weighted by Crippen LogP contribution is -2.38. The molecule has 2 nitrogen and oxygen atoms in total. The number of hydrogen-bond donors (Lipinski definition) is 1. The number of benzene rings is 2. The Labute approximate surface area is 170 Å². The van der Waals surface area contributed by atoms with Crippen LogP contribution in [0.2, 0.25) is 0 Å². The lowest BCUT2D eigenvalue weighted by molar-refractivity contribution is 0.475. The topological polar surface area (TPSA) is 15.3 Å². The Morgan fingerprint density at radius 3 is 2.15 bits per heavy atom. The molecule has 0 aromatic heterocycles. The second-order valence-corrected chi connectivity index (χ2v) is 8.61. The summed E-state index contributed by atoms with van der Waals surface area (Å²) in [6.45, 7) is 10.3. The summed E-state index contributed by atoms with van der Waals surface area (Å²) in [5, 5.41) is 3.62. The molecule has 1 N–H and O–H groups in total. The molecule has 0 aliphatic carbocycles. The standard InChI is InChI=1S/C24H36N2S/c1-21(2)22(3)26(24-14-8-5-9-15-24)18-10-16-25-17-11-19-27-20-23-12-6-4-7-13-23/h4-9,12-15,21-22,25H,10-11,16-20H2,1-3H3. The van der Waals surface area contributed by atoms with Gasteiger partial charge in [-0.15, -0.1) is 0 Å². The van der Waals surface area contributed by atoms with E-state index in [2.05, 4.69) is 91.7 Å². The second kappa shape index (κ2) is 12.9. The van der Waals surface area contributed by atoms with E-state index in [0.29, 0.717) is 12.0 Å². The Hall–Kier alpha value is -1.45. The number of para-hydroxylation sites is 1. The smallest absolute Gasteiger partial charge is 0.0368 e. The van der Waals surface area contributed by atoms with Gasteiger partial charge in [0.05, 0.1) is 0 Å². The van der Waals surface area contributed by atoms with Crippen LogP contribution in [0.15, 0.2) is 60.7 Å². The number of rotatable bonds is 13. The van der Waals surface area contributed by atoms with Crippen LogP contribution in [0.3, 0.4) is 0 Å². The van der Waals surface area contributed by atoms with E-state index in [9.17, 15) is 0 Å². The number of nitrogens with one attached hydrogen (secondary N) is 1. The molecule has 0 aliphatic heterocycles. The fraction of sp³-hybridized carbons (Fsp3) is 0.500. The van der Waals surface area contributed by atoms with Gasteiger partial charge in [-0.05, 0) is 62.2 Å². The van der Waals surface area contributed by atoms with Crippen LogP contribution in [0.4, 0.5) is 5.69 Å². The van der Waals surface area contributed by atoms with Crippen LogP contribution in [0.25, 0.3) is 0 Å². The highest BCUT2D eigenvalue weighted by atomic mass is 32.2. The highest BCUT2D eigenvalue weighted by Gasteiger charge is 2.16. The number of nitrogens with zero attached hydrogens (tertiary/aromatic N) is 1. The van der Waals surface area contributed by atoms with Gasteiger partial charge < -0.3 is 10.2 Å². The third-order valence-electron chi connectivity index (χ3n) is 5.05. The molecule has 27 heavy (non-hydrogen) atoms. The van der Waals surface area contributed by atoms with Crippen molar-refractivity contribution >= 4 is 17.4 Å². The normalized spacial score (nSPS) is 12.3. The van der Waals surface area contributed by atoms with Crippen LogP contribution in [-0.2, 0) is 5.75 Å². The van der Waals surface area contributed by atoms with Crippen LogP contribution < -0.4 is 10.2 Å². The summed E-state index contributed by atoms with van der Waals surface area (Å²) >= 11 is 2.03. The lowest BCUT2D eigenvalue weighted by atomic mass is 10.0. The molecule has 3 heteroatoms. The molecular weight excluding hydrogens is 348 g/mol. The third kappa shape index (κ3) is 8.40. The SMILES string of the molecule is CC(C)C(C)N(CCCNCCCSCc1ccccc1)c1ccccc1. The molecule has 0 amide bonds. The van der Waals surface area contributed by atoms with Crippen molar-refractivity contribution in [1.29, 1.82) is 0 Å². The van der Waals surface area contributed by atoms with Gasteiger partial charge in [-0.3, -0.25) is 0 Å². The van der Waals surface area contributed by atoms with Gasteiger partial charge in [-0.2, -0.15) is 11.8 Å². The maximum atomic E-state index is 3.62. The Morgan fingerprint density at radius 1 is 0.852 bits per heavy atom. The van der Waals surface area contributed by atoms with Gasteiger partial charge >= 0.3 is 0 Å². The van der Waals surface area contributed by atoms with E-state index in [-0.39, 0.29) is 0 Å². The van der Waals surface area contributed by atoms with Crippen molar-refractivity contribution in [3.8, 4) is 0 Å². The quantitative estimate of drug-likeness (QED) is 0.437. The van der Waals surface area contributed by atoms with Gasteiger partial charge in [0.1, 0.15) is 0 Å². The van der Waals surface area contributed by atoms with Crippen molar-refractivity contribution in [3.05, 3.63) is 66.2 Å². The molecule has 1 atom stereocenters. The average Bonchev–Trinajstić information content (AvgIpc) is 2.70. The maximum Gasteiger partial charge on any atom is 0.0368 e. The first-order valence-corrected chi connectivity index (χ1v) is 11.5. The Morgan fingerprint density at radius 2 is 1.48 bits per heavy atom. The molecule has 2 aromatic rings. The van der Waals surface area contributed by atoms with Crippen molar-refractivity contribution < 1.29 is 0 Å². The molecule has 0 spiro atoms. The first-order valence-electron chi connectivity index (χ1n) is 10.3. The molecule has 0 aliphatic rings. The zero-order chi connectivity index (χ0) is 19.3. The van der Waals surface area contributed by atoms with Gasteiger partial charge in [0.15, 0.2) is 0 Å². The van der Waals surface area contributed by atoms with E-state index in [1.165, 1.54) is 29.8 Å². The molecule has 148 valence electrons. The fourth-order valence-corrected chi connectivity index (χ4v) is 4.03. The number of anilines is 1. The summed E-state index contributed by atoms with van der Waals surface area (Å²) < 4.78 is 0. The van der Waals surface area contributed by atoms with E-state index in [0.717, 1.165) is 25.4 Å². The third-order valence-corrected chi connectivity index (χ3v) is 6.17. The van der Waals surface area contributed by atoms with Crippen molar-refractivity contribution in [2.45, 2.75) is 45.4 Å².